The molecule has 5 heteroatoms. The maximum atomic E-state index is 9.35. The highest BCUT2D eigenvalue weighted by Gasteiger charge is 2.34. The van der Waals surface area contributed by atoms with Crippen LogP contribution in [0.2, 0.25) is 0 Å². The van der Waals surface area contributed by atoms with E-state index >= 15 is 0 Å². The highest BCUT2D eigenvalue weighted by Crippen LogP contribution is 2.27. The summed E-state index contributed by atoms with van der Waals surface area (Å²) in [5.74, 6) is 0. The number of nitrogens with zero attached hydrogens (tertiary/aromatic N) is 2. The average molecular weight is 255 g/mol. The molecule has 0 bridgehead atoms. The van der Waals surface area contributed by atoms with Crippen LogP contribution in [-0.2, 0) is 0 Å². The minimum absolute atomic E-state index is 0.207. The van der Waals surface area contributed by atoms with Crippen molar-refractivity contribution in [1.82, 2.24) is 5.43 Å². The van der Waals surface area contributed by atoms with Gasteiger partial charge in [-0.3, -0.25) is 0 Å². The number of rotatable bonds is 3. The monoisotopic (exact) mass is 255 g/mol. The van der Waals surface area contributed by atoms with Crippen molar-refractivity contribution in [2.75, 3.05) is 5.43 Å². The second-order valence-corrected chi connectivity index (χ2v) is 4.97. The van der Waals surface area contributed by atoms with Crippen molar-refractivity contribution >= 4 is 5.69 Å². The van der Waals surface area contributed by atoms with Crippen LogP contribution in [0.3, 0.4) is 0 Å². The third-order valence-electron chi connectivity index (χ3n) is 3.56. The van der Waals surface area contributed by atoms with Gasteiger partial charge >= 0.3 is 0 Å². The largest absolute Gasteiger partial charge is 0.328 e. The van der Waals surface area contributed by atoms with Crippen molar-refractivity contribution in [3.63, 3.8) is 0 Å². The van der Waals surface area contributed by atoms with Gasteiger partial charge in [0.2, 0.25) is 0 Å². The topological polar surface area (TPSA) is 97.7 Å². The number of benzene rings is 1. The lowest BCUT2D eigenvalue weighted by Gasteiger charge is -2.34. The molecule has 1 aromatic carbocycles. The van der Waals surface area contributed by atoms with E-state index in [1.54, 1.807) is 12.1 Å². The number of hydrazine groups is 1. The number of nitrogens with one attached hydrogen (secondary N) is 2. The summed E-state index contributed by atoms with van der Waals surface area (Å²) >= 11 is 0. The molecule has 0 saturated heterocycles. The Hall–Kier alpha value is -2.08. The summed E-state index contributed by atoms with van der Waals surface area (Å²) in [6, 6.07) is 11.7. The van der Waals surface area contributed by atoms with Gasteiger partial charge in [-0.2, -0.15) is 10.5 Å². The van der Waals surface area contributed by atoms with Gasteiger partial charge in [-0.15, -0.1) is 0 Å². The van der Waals surface area contributed by atoms with Crippen LogP contribution in [0.1, 0.15) is 31.2 Å². The van der Waals surface area contributed by atoms with Crippen molar-refractivity contribution in [3.8, 4) is 12.1 Å². The first-order chi connectivity index (χ1) is 9.17. The molecule has 1 aliphatic carbocycles. The molecule has 0 heterocycles. The molecule has 0 atom stereocenters. The number of hydrogen-bond donors (Lipinski definition) is 3. The van der Waals surface area contributed by atoms with Gasteiger partial charge in [0, 0.05) is 11.7 Å². The predicted octanol–water partition coefficient (Wildman–Crippen LogP) is 1.64. The van der Waals surface area contributed by atoms with Crippen molar-refractivity contribution < 1.29 is 0 Å². The van der Waals surface area contributed by atoms with Crippen molar-refractivity contribution in [2.24, 2.45) is 5.73 Å². The molecule has 19 heavy (non-hydrogen) atoms. The summed E-state index contributed by atoms with van der Waals surface area (Å²) in [4.78, 5) is 0. The van der Waals surface area contributed by atoms with Crippen molar-refractivity contribution in [3.05, 3.63) is 29.8 Å². The molecule has 1 saturated carbocycles. The fourth-order valence-corrected chi connectivity index (χ4v) is 2.22. The average Bonchev–Trinajstić information content (AvgIpc) is 2.48. The standard InChI is InChI=1S/C14H17N5/c15-9-11-1-3-13(4-2-11)18-19-14(10-16)7-5-12(17)6-8-14/h1-4,12,18-19H,5-8,17H2. The lowest BCUT2D eigenvalue weighted by molar-refractivity contribution is 0.291. The van der Waals surface area contributed by atoms with E-state index in [4.69, 9.17) is 11.0 Å². The highest BCUT2D eigenvalue weighted by molar-refractivity contribution is 5.46. The van der Waals surface area contributed by atoms with Crippen molar-refractivity contribution in [1.29, 1.82) is 10.5 Å². The molecule has 0 aromatic heterocycles. The normalized spacial score (nSPS) is 26.2. The molecular weight excluding hydrogens is 238 g/mol. The van der Waals surface area contributed by atoms with Crippen LogP contribution in [0.15, 0.2) is 24.3 Å². The van der Waals surface area contributed by atoms with Gasteiger partial charge in [0.25, 0.3) is 0 Å². The van der Waals surface area contributed by atoms with E-state index < -0.39 is 5.54 Å². The van der Waals surface area contributed by atoms with Gasteiger partial charge in [0.05, 0.1) is 17.7 Å². The Morgan fingerprint density at radius 1 is 1.16 bits per heavy atom. The molecule has 1 aromatic rings. The number of anilines is 1. The van der Waals surface area contributed by atoms with Crippen LogP contribution in [0.25, 0.3) is 0 Å². The molecule has 0 radical (unpaired) electrons. The summed E-state index contributed by atoms with van der Waals surface area (Å²) in [6.45, 7) is 0. The Morgan fingerprint density at radius 2 is 1.79 bits per heavy atom. The minimum atomic E-state index is -0.552. The summed E-state index contributed by atoms with van der Waals surface area (Å²) in [6.07, 6.45) is 3.20. The summed E-state index contributed by atoms with van der Waals surface area (Å²) in [5, 5.41) is 18.1. The fraction of sp³-hybridized carbons (Fsp3) is 0.429. The van der Waals surface area contributed by atoms with E-state index in [0.29, 0.717) is 5.56 Å². The first-order valence-electron chi connectivity index (χ1n) is 6.38. The van der Waals surface area contributed by atoms with Gasteiger partial charge < -0.3 is 11.2 Å². The molecule has 4 N–H and O–H groups in total. The van der Waals surface area contributed by atoms with Crippen LogP contribution in [0.5, 0.6) is 0 Å². The van der Waals surface area contributed by atoms with Gasteiger partial charge in [-0.25, -0.2) is 5.43 Å². The molecule has 0 amide bonds. The van der Waals surface area contributed by atoms with Crippen LogP contribution in [0.4, 0.5) is 5.69 Å². The molecule has 1 aliphatic rings. The molecular formula is C14H17N5. The third kappa shape index (κ3) is 3.23. The SMILES string of the molecule is N#Cc1ccc(NNC2(C#N)CCC(N)CC2)cc1. The van der Waals surface area contributed by atoms with Gasteiger partial charge in [-0.1, -0.05) is 0 Å². The fourth-order valence-electron chi connectivity index (χ4n) is 2.22. The Balaban J connectivity index is 1.96. The van der Waals surface area contributed by atoms with E-state index in [9.17, 15) is 5.26 Å². The molecule has 98 valence electrons. The van der Waals surface area contributed by atoms with Crippen LogP contribution >= 0.6 is 0 Å². The molecule has 2 rings (SSSR count). The first kappa shape index (κ1) is 13.4. The second-order valence-electron chi connectivity index (χ2n) is 4.97. The van der Waals surface area contributed by atoms with Crippen molar-refractivity contribution in [2.45, 2.75) is 37.3 Å². The summed E-state index contributed by atoms with van der Waals surface area (Å²) < 4.78 is 0. The maximum Gasteiger partial charge on any atom is 0.123 e. The van der Waals surface area contributed by atoms with Crippen LogP contribution < -0.4 is 16.6 Å². The summed E-state index contributed by atoms with van der Waals surface area (Å²) in [7, 11) is 0. The Bertz CT molecular complexity index is 500. The number of nitriles is 2. The molecule has 5 nitrogen and oxygen atoms in total. The van der Waals surface area contributed by atoms with E-state index in [0.717, 1.165) is 31.4 Å². The Morgan fingerprint density at radius 3 is 2.32 bits per heavy atom. The van der Waals surface area contributed by atoms with Gasteiger partial charge in [0.1, 0.15) is 5.54 Å². The zero-order valence-electron chi connectivity index (χ0n) is 10.7. The second kappa shape index (κ2) is 5.71. The van der Waals surface area contributed by atoms with E-state index in [1.165, 1.54) is 0 Å². The predicted molar refractivity (Wildman–Crippen MR) is 72.7 cm³/mol. The van der Waals surface area contributed by atoms with E-state index in [2.05, 4.69) is 23.0 Å². The quantitative estimate of drug-likeness (QED) is 0.713. The molecule has 0 spiro atoms. The van der Waals surface area contributed by atoms with Crippen LogP contribution in [0, 0.1) is 22.7 Å². The zero-order chi connectivity index (χ0) is 13.7. The lowest BCUT2D eigenvalue weighted by Crippen LogP contribution is -2.51. The molecule has 0 unspecified atom stereocenters. The highest BCUT2D eigenvalue weighted by atomic mass is 15.4. The van der Waals surface area contributed by atoms with Crippen LogP contribution in [-0.4, -0.2) is 11.6 Å². The third-order valence-corrected chi connectivity index (χ3v) is 3.56. The zero-order valence-corrected chi connectivity index (χ0v) is 10.7. The molecule has 1 fully saturated rings. The minimum Gasteiger partial charge on any atom is -0.328 e. The Labute approximate surface area is 113 Å². The summed E-state index contributed by atoms with van der Waals surface area (Å²) in [5.41, 5.74) is 12.9. The number of hydrogen-bond acceptors (Lipinski definition) is 5. The smallest absolute Gasteiger partial charge is 0.123 e. The molecule has 0 aliphatic heterocycles. The first-order valence-corrected chi connectivity index (χ1v) is 6.38. The van der Waals surface area contributed by atoms with E-state index in [1.807, 2.05) is 12.1 Å². The Kier molecular flexibility index (Phi) is 4.01. The van der Waals surface area contributed by atoms with E-state index in [-0.39, 0.29) is 6.04 Å². The number of nitrogens with two attached hydrogens (primary N) is 1. The van der Waals surface area contributed by atoms with Gasteiger partial charge in [0.15, 0.2) is 0 Å². The lowest BCUT2D eigenvalue weighted by atomic mass is 9.81. The maximum absolute atomic E-state index is 9.35. The van der Waals surface area contributed by atoms with Gasteiger partial charge in [-0.05, 0) is 49.9 Å².